The number of carbonyl (C=O) groups excluding carboxylic acids is 4. The van der Waals surface area contributed by atoms with E-state index in [0.717, 1.165) is 0 Å². The molecule has 14 N–H and O–H groups in total. The second-order valence-corrected chi connectivity index (χ2v) is 10.3. The Hall–Kier alpha value is -3.99. The summed E-state index contributed by atoms with van der Waals surface area (Å²) in [4.78, 5) is 78.1. The molecular weight excluding hydrogens is 554 g/mol. The minimum absolute atomic E-state index is 0.0955. The van der Waals surface area contributed by atoms with Crippen LogP contribution in [0.4, 0.5) is 0 Å². The van der Waals surface area contributed by atoms with Crippen LogP contribution in [-0.4, -0.2) is 95.0 Å². The molecular formula is C25H47N9O8. The highest BCUT2D eigenvalue weighted by molar-refractivity contribution is 5.95. The minimum atomic E-state index is -1.71. The topological polar surface area (TPSA) is 307 Å². The SMILES string of the molecule is CC(C)C[C@H](NC(=O)[C@H](CCCCN)NC(=O)[C@H](CCCN=C(N)N)NC(=O)[C@H](C)N)C(=O)N[C@@H](CC(=O)O)C(=O)O. The standard InChI is InChI=1S/C25H47N9O8/c1-13(2)11-17(23(40)34-18(24(41)42)12-19(35)36)33-22(39)15(7-4-5-9-26)32-21(38)16(31-20(37)14(3)27)8-6-10-30-25(28)29/h13-18H,4-12,26-27H2,1-3H3,(H,31,37)(H,32,38)(H,33,39)(H,34,40)(H,35,36)(H,41,42)(H4,28,29,30)/t14-,15-,16-,17-,18-/m0/s1. The van der Waals surface area contributed by atoms with Gasteiger partial charge in [-0.25, -0.2) is 4.79 Å². The smallest absolute Gasteiger partial charge is 0.326 e. The van der Waals surface area contributed by atoms with Gasteiger partial charge in [0.1, 0.15) is 24.2 Å². The third-order valence-corrected chi connectivity index (χ3v) is 5.91. The molecule has 0 aromatic rings. The Labute approximate surface area is 245 Å². The number of hydrogen-bond donors (Lipinski definition) is 10. The molecule has 0 radical (unpaired) electrons. The summed E-state index contributed by atoms with van der Waals surface area (Å²) in [5.74, 6) is -6.14. The molecule has 0 bridgehead atoms. The van der Waals surface area contributed by atoms with Crippen molar-refractivity contribution in [3.05, 3.63) is 0 Å². The van der Waals surface area contributed by atoms with Crippen LogP contribution in [0.1, 0.15) is 65.7 Å². The molecule has 0 fully saturated rings. The first-order chi connectivity index (χ1) is 19.6. The number of nitrogens with one attached hydrogen (secondary N) is 4. The lowest BCUT2D eigenvalue weighted by molar-refractivity contribution is -0.147. The molecule has 0 saturated carbocycles. The largest absolute Gasteiger partial charge is 0.481 e. The molecule has 0 unspecified atom stereocenters. The van der Waals surface area contributed by atoms with Crippen LogP contribution in [0.5, 0.6) is 0 Å². The van der Waals surface area contributed by atoms with Crippen molar-refractivity contribution in [1.82, 2.24) is 21.3 Å². The number of nitrogens with zero attached hydrogens (tertiary/aromatic N) is 1. The Kier molecular flexibility index (Phi) is 18.1. The lowest BCUT2D eigenvalue weighted by Gasteiger charge is -2.27. The monoisotopic (exact) mass is 601 g/mol. The number of unbranched alkanes of at least 4 members (excludes halogenated alkanes) is 1. The average molecular weight is 602 g/mol. The van der Waals surface area contributed by atoms with E-state index in [1.165, 1.54) is 6.92 Å². The van der Waals surface area contributed by atoms with Gasteiger partial charge in [-0.1, -0.05) is 13.8 Å². The van der Waals surface area contributed by atoms with E-state index in [9.17, 15) is 33.9 Å². The zero-order valence-electron chi connectivity index (χ0n) is 24.4. The predicted molar refractivity (Wildman–Crippen MR) is 154 cm³/mol. The van der Waals surface area contributed by atoms with Crippen LogP contribution in [0.25, 0.3) is 0 Å². The fourth-order valence-corrected chi connectivity index (χ4v) is 3.73. The van der Waals surface area contributed by atoms with Crippen LogP contribution < -0.4 is 44.2 Å². The van der Waals surface area contributed by atoms with Gasteiger partial charge in [0.25, 0.3) is 0 Å². The number of amides is 4. The molecule has 4 amide bonds. The van der Waals surface area contributed by atoms with Gasteiger partial charge in [0, 0.05) is 6.54 Å². The Bertz CT molecular complexity index is 954. The zero-order chi connectivity index (χ0) is 32.4. The number of carboxylic acid groups (broad SMARTS) is 2. The summed E-state index contributed by atoms with van der Waals surface area (Å²) in [5.41, 5.74) is 21.9. The second-order valence-electron chi connectivity index (χ2n) is 10.3. The molecule has 0 aromatic carbocycles. The van der Waals surface area contributed by atoms with Crippen molar-refractivity contribution in [2.24, 2.45) is 33.8 Å². The maximum atomic E-state index is 13.4. The summed E-state index contributed by atoms with van der Waals surface area (Å²) >= 11 is 0. The molecule has 240 valence electrons. The van der Waals surface area contributed by atoms with Gasteiger partial charge in [-0.15, -0.1) is 0 Å². The number of rotatable bonds is 21. The quantitative estimate of drug-likeness (QED) is 0.0359. The molecule has 0 aliphatic heterocycles. The van der Waals surface area contributed by atoms with Crippen LogP contribution in [0.3, 0.4) is 0 Å². The Morgan fingerprint density at radius 2 is 1.19 bits per heavy atom. The van der Waals surface area contributed by atoms with E-state index >= 15 is 0 Å². The van der Waals surface area contributed by atoms with Crippen molar-refractivity contribution in [1.29, 1.82) is 0 Å². The molecule has 0 aliphatic carbocycles. The van der Waals surface area contributed by atoms with Crippen molar-refractivity contribution in [2.45, 2.75) is 95.9 Å². The van der Waals surface area contributed by atoms with Gasteiger partial charge in [0.15, 0.2) is 5.96 Å². The lowest BCUT2D eigenvalue weighted by Crippen LogP contribution is -2.58. The van der Waals surface area contributed by atoms with E-state index in [0.29, 0.717) is 25.8 Å². The van der Waals surface area contributed by atoms with Gasteiger partial charge in [-0.05, 0) is 57.9 Å². The summed E-state index contributed by atoms with van der Waals surface area (Å²) < 4.78 is 0. The summed E-state index contributed by atoms with van der Waals surface area (Å²) in [6, 6.07) is -6.07. The minimum Gasteiger partial charge on any atom is -0.481 e. The Balaban J connectivity index is 5.90. The van der Waals surface area contributed by atoms with Crippen LogP contribution in [0.15, 0.2) is 4.99 Å². The number of guanidine groups is 1. The van der Waals surface area contributed by atoms with Gasteiger partial charge in [0.05, 0.1) is 12.5 Å². The molecule has 0 aliphatic rings. The van der Waals surface area contributed by atoms with E-state index in [1.807, 2.05) is 0 Å². The molecule has 17 heteroatoms. The van der Waals surface area contributed by atoms with E-state index < -0.39 is 72.2 Å². The number of aliphatic carboxylic acids is 2. The first kappa shape index (κ1) is 38.0. The highest BCUT2D eigenvalue weighted by atomic mass is 16.4. The van der Waals surface area contributed by atoms with Crippen LogP contribution >= 0.6 is 0 Å². The molecule has 0 rings (SSSR count). The fraction of sp³-hybridized carbons (Fsp3) is 0.720. The number of nitrogens with two attached hydrogens (primary N) is 4. The van der Waals surface area contributed by atoms with E-state index in [2.05, 4.69) is 26.3 Å². The predicted octanol–water partition coefficient (Wildman–Crippen LogP) is -2.94. The summed E-state index contributed by atoms with van der Waals surface area (Å²) in [6.07, 6.45) is 0.791. The highest BCUT2D eigenvalue weighted by Crippen LogP contribution is 2.09. The number of aliphatic imine (C=N–C) groups is 1. The summed E-state index contributed by atoms with van der Waals surface area (Å²) in [5, 5.41) is 28.1. The molecule has 0 spiro atoms. The van der Waals surface area contributed by atoms with Gasteiger partial charge in [0.2, 0.25) is 23.6 Å². The Morgan fingerprint density at radius 1 is 0.714 bits per heavy atom. The van der Waals surface area contributed by atoms with Crippen LogP contribution in [-0.2, 0) is 28.8 Å². The van der Waals surface area contributed by atoms with Crippen molar-refractivity contribution < 1.29 is 39.0 Å². The van der Waals surface area contributed by atoms with Crippen molar-refractivity contribution >= 4 is 41.5 Å². The third-order valence-electron chi connectivity index (χ3n) is 5.91. The van der Waals surface area contributed by atoms with E-state index in [1.54, 1.807) is 13.8 Å². The number of carboxylic acids is 2. The lowest BCUT2D eigenvalue weighted by atomic mass is 10.0. The molecule has 0 aromatic heterocycles. The van der Waals surface area contributed by atoms with Gasteiger partial charge < -0.3 is 54.4 Å². The number of carbonyl (C=O) groups is 6. The van der Waals surface area contributed by atoms with Crippen LogP contribution in [0.2, 0.25) is 0 Å². The van der Waals surface area contributed by atoms with Crippen LogP contribution in [0, 0.1) is 5.92 Å². The summed E-state index contributed by atoms with van der Waals surface area (Å²) in [6.45, 7) is 5.50. The van der Waals surface area contributed by atoms with Gasteiger partial charge >= 0.3 is 11.9 Å². The van der Waals surface area contributed by atoms with Crippen molar-refractivity contribution in [3.63, 3.8) is 0 Å². The van der Waals surface area contributed by atoms with Gasteiger partial charge in [-0.3, -0.25) is 29.0 Å². The molecule has 17 nitrogen and oxygen atoms in total. The normalized spacial score (nSPS) is 14.4. The van der Waals surface area contributed by atoms with Crippen molar-refractivity contribution in [3.8, 4) is 0 Å². The summed E-state index contributed by atoms with van der Waals surface area (Å²) in [7, 11) is 0. The average Bonchev–Trinajstić information content (AvgIpc) is 2.87. The molecule has 0 saturated heterocycles. The van der Waals surface area contributed by atoms with E-state index in [-0.39, 0.29) is 37.7 Å². The zero-order valence-corrected chi connectivity index (χ0v) is 24.4. The first-order valence-corrected chi connectivity index (χ1v) is 13.8. The van der Waals surface area contributed by atoms with E-state index in [4.69, 9.17) is 28.0 Å². The third kappa shape index (κ3) is 16.3. The Morgan fingerprint density at radius 3 is 1.64 bits per heavy atom. The number of hydrogen-bond acceptors (Lipinski definition) is 9. The molecule has 0 heterocycles. The highest BCUT2D eigenvalue weighted by Gasteiger charge is 2.32. The molecule has 5 atom stereocenters. The maximum Gasteiger partial charge on any atom is 0.326 e. The molecule has 42 heavy (non-hydrogen) atoms. The van der Waals surface area contributed by atoms with Gasteiger partial charge in [-0.2, -0.15) is 0 Å². The maximum absolute atomic E-state index is 13.4. The first-order valence-electron chi connectivity index (χ1n) is 13.8. The van der Waals surface area contributed by atoms with Crippen molar-refractivity contribution in [2.75, 3.05) is 13.1 Å². The second kappa shape index (κ2) is 20.0. The fourth-order valence-electron chi connectivity index (χ4n) is 3.73.